The zero-order valence-electron chi connectivity index (χ0n) is 10.2. The van der Waals surface area contributed by atoms with Crippen LogP contribution in [0.1, 0.15) is 6.42 Å². The molecule has 1 saturated heterocycles. The predicted octanol–water partition coefficient (Wildman–Crippen LogP) is -1.45. The molecule has 0 radical (unpaired) electrons. The van der Waals surface area contributed by atoms with Gasteiger partial charge in [0.25, 0.3) is 0 Å². The van der Waals surface area contributed by atoms with E-state index < -0.39 is 0 Å². The highest BCUT2D eigenvalue weighted by atomic mass is 16.2. The number of aromatic nitrogens is 3. The number of carbonyl (C=O) groups excluding carboxylic acids is 2. The summed E-state index contributed by atoms with van der Waals surface area (Å²) in [4.78, 5) is 30.6. The van der Waals surface area contributed by atoms with E-state index in [0.717, 1.165) is 6.42 Å². The standard InChI is InChI=1S/C10H16N6O2/c1-14-3-2-4-15(5-8(14)17)9(18)6-16-7-12-10(11)13-16/h7H,2-6H2,1H3,(H2,11,13). The molecular weight excluding hydrogens is 236 g/mol. The maximum absolute atomic E-state index is 12.0. The van der Waals surface area contributed by atoms with E-state index >= 15 is 0 Å². The van der Waals surface area contributed by atoms with E-state index in [-0.39, 0.29) is 30.9 Å². The van der Waals surface area contributed by atoms with Crippen molar-refractivity contribution in [3.63, 3.8) is 0 Å². The zero-order chi connectivity index (χ0) is 13.1. The Bertz CT molecular complexity index is 457. The van der Waals surface area contributed by atoms with E-state index in [1.807, 2.05) is 0 Å². The second-order valence-corrected chi connectivity index (χ2v) is 4.28. The van der Waals surface area contributed by atoms with Crippen molar-refractivity contribution in [1.29, 1.82) is 0 Å². The summed E-state index contributed by atoms with van der Waals surface area (Å²) in [5.41, 5.74) is 5.37. The van der Waals surface area contributed by atoms with Gasteiger partial charge in [-0.15, -0.1) is 5.10 Å². The van der Waals surface area contributed by atoms with Gasteiger partial charge in [-0.05, 0) is 6.42 Å². The van der Waals surface area contributed by atoms with Crippen LogP contribution in [0.3, 0.4) is 0 Å². The van der Waals surface area contributed by atoms with Crippen molar-refractivity contribution in [3.8, 4) is 0 Å². The van der Waals surface area contributed by atoms with Gasteiger partial charge < -0.3 is 15.5 Å². The first kappa shape index (κ1) is 12.3. The molecule has 1 fully saturated rings. The quantitative estimate of drug-likeness (QED) is 0.694. The lowest BCUT2D eigenvalue weighted by atomic mass is 10.4. The molecule has 8 heteroatoms. The average Bonchev–Trinajstić information content (AvgIpc) is 2.64. The molecule has 0 aromatic carbocycles. The third-order valence-electron chi connectivity index (χ3n) is 2.88. The van der Waals surface area contributed by atoms with E-state index in [4.69, 9.17) is 5.73 Å². The molecule has 0 aliphatic carbocycles. The van der Waals surface area contributed by atoms with E-state index in [0.29, 0.717) is 13.1 Å². The molecule has 1 aliphatic heterocycles. The number of nitrogen functional groups attached to an aromatic ring is 1. The number of nitrogens with zero attached hydrogens (tertiary/aromatic N) is 5. The third-order valence-corrected chi connectivity index (χ3v) is 2.88. The highest BCUT2D eigenvalue weighted by molar-refractivity contribution is 5.85. The summed E-state index contributed by atoms with van der Waals surface area (Å²) in [6, 6.07) is 0. The van der Waals surface area contributed by atoms with Gasteiger partial charge in [0.2, 0.25) is 17.8 Å². The maximum atomic E-state index is 12.0. The summed E-state index contributed by atoms with van der Waals surface area (Å²) in [6.07, 6.45) is 2.19. The van der Waals surface area contributed by atoms with Crippen LogP contribution in [0.5, 0.6) is 0 Å². The van der Waals surface area contributed by atoms with Crippen molar-refractivity contribution < 1.29 is 9.59 Å². The van der Waals surface area contributed by atoms with Crippen molar-refractivity contribution in [2.24, 2.45) is 0 Å². The Balaban J connectivity index is 1.98. The van der Waals surface area contributed by atoms with Gasteiger partial charge >= 0.3 is 0 Å². The summed E-state index contributed by atoms with van der Waals surface area (Å²) in [6.45, 7) is 1.44. The number of carbonyl (C=O) groups is 2. The summed E-state index contributed by atoms with van der Waals surface area (Å²) >= 11 is 0. The van der Waals surface area contributed by atoms with Gasteiger partial charge in [-0.25, -0.2) is 9.67 Å². The van der Waals surface area contributed by atoms with Gasteiger partial charge in [0, 0.05) is 20.1 Å². The smallest absolute Gasteiger partial charge is 0.244 e. The molecule has 1 aromatic heterocycles. The molecular formula is C10H16N6O2. The Kier molecular flexibility index (Phi) is 3.45. The molecule has 0 spiro atoms. The highest BCUT2D eigenvalue weighted by Crippen LogP contribution is 2.04. The van der Waals surface area contributed by atoms with Crippen molar-refractivity contribution in [1.82, 2.24) is 24.6 Å². The van der Waals surface area contributed by atoms with Crippen LogP contribution in [0.15, 0.2) is 6.33 Å². The van der Waals surface area contributed by atoms with Gasteiger partial charge in [-0.2, -0.15) is 0 Å². The third kappa shape index (κ3) is 2.76. The molecule has 1 aromatic rings. The van der Waals surface area contributed by atoms with Crippen LogP contribution >= 0.6 is 0 Å². The molecule has 2 amide bonds. The molecule has 0 unspecified atom stereocenters. The Morgan fingerprint density at radius 3 is 2.94 bits per heavy atom. The van der Waals surface area contributed by atoms with Crippen molar-refractivity contribution in [2.45, 2.75) is 13.0 Å². The molecule has 8 nitrogen and oxygen atoms in total. The molecule has 18 heavy (non-hydrogen) atoms. The minimum absolute atomic E-state index is 0.0426. The molecule has 0 atom stereocenters. The first-order valence-corrected chi connectivity index (χ1v) is 5.73. The van der Waals surface area contributed by atoms with Gasteiger partial charge in [0.15, 0.2) is 0 Å². The fraction of sp³-hybridized carbons (Fsp3) is 0.600. The molecule has 0 bridgehead atoms. The fourth-order valence-corrected chi connectivity index (χ4v) is 1.82. The lowest BCUT2D eigenvalue weighted by molar-refractivity contribution is -0.138. The largest absolute Gasteiger partial charge is 0.367 e. The second kappa shape index (κ2) is 5.03. The summed E-state index contributed by atoms with van der Waals surface area (Å²) in [5.74, 6) is -0.0584. The van der Waals surface area contributed by atoms with Crippen LogP contribution < -0.4 is 5.73 Å². The number of hydrogen-bond donors (Lipinski definition) is 1. The van der Waals surface area contributed by atoms with E-state index in [9.17, 15) is 9.59 Å². The molecule has 2 N–H and O–H groups in total. The first-order chi connectivity index (χ1) is 8.56. The van der Waals surface area contributed by atoms with Crippen molar-refractivity contribution >= 4 is 17.8 Å². The van der Waals surface area contributed by atoms with Crippen LogP contribution in [-0.2, 0) is 16.1 Å². The topological polar surface area (TPSA) is 97.3 Å². The van der Waals surface area contributed by atoms with E-state index in [2.05, 4.69) is 10.1 Å². The Labute approximate surface area is 104 Å². The summed E-state index contributed by atoms with van der Waals surface area (Å²) < 4.78 is 1.37. The zero-order valence-corrected chi connectivity index (χ0v) is 10.2. The molecule has 1 aliphatic rings. The lowest BCUT2D eigenvalue weighted by Gasteiger charge is -2.19. The number of rotatable bonds is 2. The lowest BCUT2D eigenvalue weighted by Crippen LogP contribution is -2.39. The van der Waals surface area contributed by atoms with Crippen LogP contribution in [0.4, 0.5) is 5.95 Å². The Hall–Kier alpha value is -2.12. The number of anilines is 1. The molecule has 2 rings (SSSR count). The Morgan fingerprint density at radius 2 is 2.28 bits per heavy atom. The average molecular weight is 252 g/mol. The first-order valence-electron chi connectivity index (χ1n) is 5.73. The minimum atomic E-state index is -0.149. The molecule has 2 heterocycles. The van der Waals surface area contributed by atoms with Gasteiger partial charge in [0.1, 0.15) is 12.9 Å². The second-order valence-electron chi connectivity index (χ2n) is 4.28. The molecule has 0 saturated carbocycles. The SMILES string of the molecule is CN1CCCN(C(=O)Cn2cnc(N)n2)CC1=O. The maximum Gasteiger partial charge on any atom is 0.244 e. The number of amides is 2. The fourth-order valence-electron chi connectivity index (χ4n) is 1.82. The van der Waals surface area contributed by atoms with Crippen molar-refractivity contribution in [2.75, 3.05) is 32.4 Å². The molecule has 98 valence electrons. The predicted molar refractivity (Wildman–Crippen MR) is 63.3 cm³/mol. The number of likely N-dealkylation sites (N-methyl/N-ethyl adjacent to an activating group) is 1. The van der Waals surface area contributed by atoms with Crippen molar-refractivity contribution in [3.05, 3.63) is 6.33 Å². The highest BCUT2D eigenvalue weighted by Gasteiger charge is 2.22. The number of nitrogens with two attached hydrogens (primary N) is 1. The minimum Gasteiger partial charge on any atom is -0.367 e. The summed E-state index contributed by atoms with van der Waals surface area (Å²) in [7, 11) is 1.74. The summed E-state index contributed by atoms with van der Waals surface area (Å²) in [5, 5.41) is 3.84. The Morgan fingerprint density at radius 1 is 1.50 bits per heavy atom. The van der Waals surface area contributed by atoms with Crippen LogP contribution in [0, 0.1) is 0 Å². The van der Waals surface area contributed by atoms with E-state index in [1.54, 1.807) is 16.8 Å². The normalized spacial score (nSPS) is 16.8. The van der Waals surface area contributed by atoms with E-state index in [1.165, 1.54) is 11.0 Å². The van der Waals surface area contributed by atoms with Crippen LogP contribution in [0.2, 0.25) is 0 Å². The monoisotopic (exact) mass is 252 g/mol. The van der Waals surface area contributed by atoms with Crippen LogP contribution in [-0.4, -0.2) is 63.1 Å². The van der Waals surface area contributed by atoms with Gasteiger partial charge in [0.05, 0.1) is 6.54 Å². The number of hydrogen-bond acceptors (Lipinski definition) is 5. The van der Waals surface area contributed by atoms with Gasteiger partial charge in [-0.3, -0.25) is 9.59 Å². The van der Waals surface area contributed by atoms with Crippen LogP contribution in [0.25, 0.3) is 0 Å². The van der Waals surface area contributed by atoms with Gasteiger partial charge in [-0.1, -0.05) is 0 Å².